The summed E-state index contributed by atoms with van der Waals surface area (Å²) in [5.74, 6) is -0.159. The highest BCUT2D eigenvalue weighted by Gasteiger charge is 2.07. The Labute approximate surface area is 114 Å². The highest BCUT2D eigenvalue weighted by molar-refractivity contribution is 9.10. The molecule has 1 aromatic heterocycles. The summed E-state index contributed by atoms with van der Waals surface area (Å²) < 4.78 is 0.788. The Balaban J connectivity index is 2.21. The zero-order valence-electron chi connectivity index (χ0n) is 10.2. The number of aryl methyl sites for hydroxylation is 2. The van der Waals surface area contributed by atoms with Crippen LogP contribution in [0.5, 0.6) is 0 Å². The van der Waals surface area contributed by atoms with Crippen LogP contribution in [0.15, 0.2) is 41.1 Å². The Kier molecular flexibility index (Phi) is 3.77. The van der Waals surface area contributed by atoms with Gasteiger partial charge in [-0.05, 0) is 59.1 Å². The van der Waals surface area contributed by atoms with E-state index in [0.29, 0.717) is 5.56 Å². The van der Waals surface area contributed by atoms with Crippen LogP contribution in [-0.2, 0) is 0 Å². The van der Waals surface area contributed by atoms with Crippen molar-refractivity contribution >= 4 is 27.5 Å². The van der Waals surface area contributed by atoms with Gasteiger partial charge in [0.25, 0.3) is 5.91 Å². The summed E-state index contributed by atoms with van der Waals surface area (Å²) in [6.07, 6.45) is 3.19. The van der Waals surface area contributed by atoms with Gasteiger partial charge >= 0.3 is 0 Å². The number of carbonyl (C=O) groups excluding carboxylic acids is 1. The van der Waals surface area contributed by atoms with Gasteiger partial charge < -0.3 is 5.32 Å². The Bertz CT molecular complexity index is 576. The van der Waals surface area contributed by atoms with Crippen LogP contribution in [0.25, 0.3) is 0 Å². The molecule has 0 fully saturated rings. The van der Waals surface area contributed by atoms with E-state index in [1.807, 2.05) is 26.0 Å². The number of hydrogen-bond acceptors (Lipinski definition) is 2. The van der Waals surface area contributed by atoms with E-state index < -0.39 is 0 Å². The molecular weight excluding hydrogens is 292 g/mol. The molecule has 0 aliphatic carbocycles. The molecule has 1 N–H and O–H groups in total. The summed E-state index contributed by atoms with van der Waals surface area (Å²) >= 11 is 3.30. The van der Waals surface area contributed by atoms with Crippen LogP contribution in [-0.4, -0.2) is 10.9 Å². The first-order valence-corrected chi connectivity index (χ1v) is 6.34. The maximum Gasteiger partial charge on any atom is 0.257 e. The summed E-state index contributed by atoms with van der Waals surface area (Å²) in [5, 5.41) is 2.87. The second kappa shape index (κ2) is 5.31. The number of hydrogen-bond donors (Lipinski definition) is 1. The summed E-state index contributed by atoms with van der Waals surface area (Å²) in [5.41, 5.74) is 3.58. The molecule has 0 saturated carbocycles. The largest absolute Gasteiger partial charge is 0.322 e. The summed E-state index contributed by atoms with van der Waals surface area (Å²) in [6.45, 7) is 4.01. The predicted octanol–water partition coefficient (Wildman–Crippen LogP) is 3.71. The molecule has 0 bridgehead atoms. The minimum atomic E-state index is -0.159. The van der Waals surface area contributed by atoms with E-state index >= 15 is 0 Å². The van der Waals surface area contributed by atoms with E-state index in [1.165, 1.54) is 0 Å². The molecule has 1 amide bonds. The second-order valence-electron chi connectivity index (χ2n) is 4.22. The zero-order chi connectivity index (χ0) is 13.1. The molecule has 0 aliphatic rings. The van der Waals surface area contributed by atoms with Gasteiger partial charge in [0.1, 0.15) is 0 Å². The van der Waals surface area contributed by atoms with Gasteiger partial charge in [-0.2, -0.15) is 0 Å². The third-order valence-corrected chi connectivity index (χ3v) is 2.88. The monoisotopic (exact) mass is 304 g/mol. The molecule has 0 spiro atoms. The van der Waals surface area contributed by atoms with Crippen molar-refractivity contribution < 1.29 is 4.79 Å². The van der Waals surface area contributed by atoms with Crippen molar-refractivity contribution in [2.24, 2.45) is 0 Å². The molecular formula is C14H13BrN2O. The number of aromatic nitrogens is 1. The molecule has 3 nitrogen and oxygen atoms in total. The number of amides is 1. The van der Waals surface area contributed by atoms with Crippen LogP contribution < -0.4 is 5.32 Å². The topological polar surface area (TPSA) is 42.0 Å². The highest BCUT2D eigenvalue weighted by atomic mass is 79.9. The maximum absolute atomic E-state index is 12.0. The predicted molar refractivity (Wildman–Crippen MR) is 75.8 cm³/mol. The lowest BCUT2D eigenvalue weighted by atomic mass is 10.1. The first-order valence-electron chi connectivity index (χ1n) is 5.55. The van der Waals surface area contributed by atoms with E-state index in [4.69, 9.17) is 0 Å². The minimum Gasteiger partial charge on any atom is -0.322 e. The van der Waals surface area contributed by atoms with Crippen molar-refractivity contribution in [3.05, 3.63) is 57.8 Å². The third kappa shape index (κ3) is 3.17. The van der Waals surface area contributed by atoms with Gasteiger partial charge in [0.15, 0.2) is 0 Å². The van der Waals surface area contributed by atoms with Gasteiger partial charge in [-0.25, -0.2) is 0 Å². The number of benzene rings is 1. The number of rotatable bonds is 2. The minimum absolute atomic E-state index is 0.159. The average Bonchev–Trinajstić information content (AvgIpc) is 2.27. The molecule has 1 heterocycles. The molecule has 0 unspecified atom stereocenters. The fourth-order valence-electron chi connectivity index (χ4n) is 1.79. The Morgan fingerprint density at radius 3 is 2.39 bits per heavy atom. The fourth-order valence-corrected chi connectivity index (χ4v) is 2.15. The van der Waals surface area contributed by atoms with Crippen LogP contribution in [0.3, 0.4) is 0 Å². The standard InChI is InChI=1S/C14H13BrN2O/c1-9-3-10(2)5-13(4-9)17-14(18)11-6-12(15)8-16-7-11/h3-8H,1-2H3,(H,17,18). The number of carbonyl (C=O) groups is 1. The fraction of sp³-hybridized carbons (Fsp3) is 0.143. The molecule has 18 heavy (non-hydrogen) atoms. The van der Waals surface area contributed by atoms with Gasteiger partial charge in [-0.15, -0.1) is 0 Å². The van der Waals surface area contributed by atoms with Crippen molar-refractivity contribution in [1.82, 2.24) is 4.98 Å². The number of pyridine rings is 1. The molecule has 0 saturated heterocycles. The molecule has 2 aromatic rings. The van der Waals surface area contributed by atoms with Gasteiger partial charge in [0.2, 0.25) is 0 Å². The lowest BCUT2D eigenvalue weighted by Crippen LogP contribution is -2.12. The number of nitrogens with one attached hydrogen (secondary N) is 1. The second-order valence-corrected chi connectivity index (χ2v) is 5.14. The number of halogens is 1. The zero-order valence-corrected chi connectivity index (χ0v) is 11.8. The van der Waals surface area contributed by atoms with Gasteiger partial charge in [-0.3, -0.25) is 9.78 Å². The Morgan fingerprint density at radius 1 is 1.11 bits per heavy atom. The summed E-state index contributed by atoms with van der Waals surface area (Å²) in [4.78, 5) is 16.0. The van der Waals surface area contributed by atoms with Crippen LogP contribution in [0.2, 0.25) is 0 Å². The van der Waals surface area contributed by atoms with Crippen LogP contribution in [0.4, 0.5) is 5.69 Å². The van der Waals surface area contributed by atoms with Crippen molar-refractivity contribution in [3.63, 3.8) is 0 Å². The SMILES string of the molecule is Cc1cc(C)cc(NC(=O)c2cncc(Br)c2)c1. The molecule has 2 rings (SSSR count). The van der Waals surface area contributed by atoms with Gasteiger partial charge in [0, 0.05) is 22.6 Å². The van der Waals surface area contributed by atoms with E-state index in [1.54, 1.807) is 18.5 Å². The first-order chi connectivity index (χ1) is 8.54. The van der Waals surface area contributed by atoms with Crippen LogP contribution in [0, 0.1) is 13.8 Å². The highest BCUT2D eigenvalue weighted by Crippen LogP contribution is 2.16. The molecule has 0 radical (unpaired) electrons. The number of nitrogens with zero attached hydrogens (tertiary/aromatic N) is 1. The quantitative estimate of drug-likeness (QED) is 0.919. The maximum atomic E-state index is 12.0. The lowest BCUT2D eigenvalue weighted by molar-refractivity contribution is 0.102. The van der Waals surface area contributed by atoms with Crippen LogP contribution in [0.1, 0.15) is 21.5 Å². The Morgan fingerprint density at radius 2 is 1.78 bits per heavy atom. The van der Waals surface area contributed by atoms with Crippen molar-refractivity contribution in [2.45, 2.75) is 13.8 Å². The lowest BCUT2D eigenvalue weighted by Gasteiger charge is -2.07. The normalized spacial score (nSPS) is 10.2. The summed E-state index contributed by atoms with van der Waals surface area (Å²) in [6, 6.07) is 7.69. The third-order valence-electron chi connectivity index (χ3n) is 2.45. The molecule has 1 aromatic carbocycles. The van der Waals surface area contributed by atoms with E-state index in [-0.39, 0.29) is 5.91 Å². The van der Waals surface area contributed by atoms with E-state index in [9.17, 15) is 4.79 Å². The van der Waals surface area contributed by atoms with E-state index in [2.05, 4.69) is 32.3 Å². The van der Waals surface area contributed by atoms with Crippen molar-refractivity contribution in [2.75, 3.05) is 5.32 Å². The molecule has 0 atom stereocenters. The first kappa shape index (κ1) is 12.8. The smallest absolute Gasteiger partial charge is 0.257 e. The van der Waals surface area contributed by atoms with Crippen molar-refractivity contribution in [3.8, 4) is 0 Å². The summed E-state index contributed by atoms with van der Waals surface area (Å²) in [7, 11) is 0. The van der Waals surface area contributed by atoms with Crippen LogP contribution >= 0.6 is 15.9 Å². The number of anilines is 1. The molecule has 0 aliphatic heterocycles. The van der Waals surface area contributed by atoms with Crippen molar-refractivity contribution in [1.29, 1.82) is 0 Å². The Hall–Kier alpha value is -1.68. The average molecular weight is 305 g/mol. The molecule has 4 heteroatoms. The van der Waals surface area contributed by atoms with Gasteiger partial charge in [-0.1, -0.05) is 6.07 Å². The molecule has 92 valence electrons. The van der Waals surface area contributed by atoms with E-state index in [0.717, 1.165) is 21.3 Å². The van der Waals surface area contributed by atoms with Gasteiger partial charge in [0.05, 0.1) is 5.56 Å².